The SMILES string of the molecule is N#C[C@@H]1CC(F)CN1C(=O)CNC(=O)c1cccc2ccc(C=O)cc12. The average molecular weight is 353 g/mol. The summed E-state index contributed by atoms with van der Waals surface area (Å²) in [6.07, 6.45) is -0.534. The number of aldehydes is 1. The zero-order valence-electron chi connectivity index (χ0n) is 13.8. The molecule has 1 saturated heterocycles. The van der Waals surface area contributed by atoms with Gasteiger partial charge in [0.25, 0.3) is 5.91 Å². The second kappa shape index (κ2) is 7.31. The van der Waals surface area contributed by atoms with E-state index in [-0.39, 0.29) is 19.5 Å². The highest BCUT2D eigenvalue weighted by atomic mass is 19.1. The van der Waals surface area contributed by atoms with E-state index >= 15 is 0 Å². The first-order valence-corrected chi connectivity index (χ1v) is 8.13. The van der Waals surface area contributed by atoms with Crippen molar-refractivity contribution in [3.8, 4) is 6.07 Å². The second-order valence-corrected chi connectivity index (χ2v) is 6.11. The summed E-state index contributed by atoms with van der Waals surface area (Å²) >= 11 is 0. The van der Waals surface area contributed by atoms with Gasteiger partial charge in [0.1, 0.15) is 18.5 Å². The Labute approximate surface area is 149 Å². The summed E-state index contributed by atoms with van der Waals surface area (Å²) < 4.78 is 13.4. The molecule has 0 aromatic heterocycles. The van der Waals surface area contributed by atoms with E-state index in [1.54, 1.807) is 30.3 Å². The maximum absolute atomic E-state index is 13.4. The van der Waals surface area contributed by atoms with Crippen LogP contribution >= 0.6 is 0 Å². The molecule has 1 aliphatic heterocycles. The largest absolute Gasteiger partial charge is 0.343 e. The van der Waals surface area contributed by atoms with Crippen molar-refractivity contribution in [2.45, 2.75) is 18.6 Å². The summed E-state index contributed by atoms with van der Waals surface area (Å²) in [6, 6.07) is 11.2. The van der Waals surface area contributed by atoms with Crippen molar-refractivity contribution < 1.29 is 18.8 Å². The lowest BCUT2D eigenvalue weighted by Crippen LogP contribution is -2.42. The highest BCUT2D eigenvalue weighted by Crippen LogP contribution is 2.21. The number of hydrogen-bond acceptors (Lipinski definition) is 4. The Morgan fingerprint density at radius 1 is 1.35 bits per heavy atom. The molecular formula is C19H16FN3O3. The number of fused-ring (bicyclic) bond motifs is 1. The minimum absolute atomic E-state index is 0.00597. The summed E-state index contributed by atoms with van der Waals surface area (Å²) in [6.45, 7) is -0.461. The van der Waals surface area contributed by atoms with Crippen molar-refractivity contribution in [1.82, 2.24) is 10.2 Å². The molecule has 1 unspecified atom stereocenters. The van der Waals surface area contributed by atoms with Crippen LogP contribution in [0.1, 0.15) is 27.1 Å². The normalized spacial score (nSPS) is 19.2. The number of hydrogen-bond donors (Lipinski definition) is 1. The molecule has 2 amide bonds. The number of alkyl halides is 1. The van der Waals surface area contributed by atoms with Gasteiger partial charge in [-0.3, -0.25) is 14.4 Å². The van der Waals surface area contributed by atoms with Crippen LogP contribution in [0.15, 0.2) is 36.4 Å². The zero-order valence-corrected chi connectivity index (χ0v) is 13.8. The first-order valence-electron chi connectivity index (χ1n) is 8.13. The summed E-state index contributed by atoms with van der Waals surface area (Å²) in [5.74, 6) is -0.977. The van der Waals surface area contributed by atoms with Crippen LogP contribution < -0.4 is 5.32 Å². The predicted molar refractivity (Wildman–Crippen MR) is 92.3 cm³/mol. The number of nitrogens with zero attached hydrogens (tertiary/aromatic N) is 2. The van der Waals surface area contributed by atoms with E-state index in [0.717, 1.165) is 10.3 Å². The summed E-state index contributed by atoms with van der Waals surface area (Å²) in [4.78, 5) is 36.8. The Morgan fingerprint density at radius 3 is 2.88 bits per heavy atom. The van der Waals surface area contributed by atoms with Gasteiger partial charge >= 0.3 is 0 Å². The van der Waals surface area contributed by atoms with Crippen LogP contribution in [0.3, 0.4) is 0 Å². The first kappa shape index (κ1) is 17.5. The smallest absolute Gasteiger partial charge is 0.252 e. The van der Waals surface area contributed by atoms with Gasteiger partial charge in [-0.05, 0) is 22.9 Å². The van der Waals surface area contributed by atoms with E-state index in [2.05, 4.69) is 5.32 Å². The topological polar surface area (TPSA) is 90.3 Å². The number of nitrogens with one attached hydrogen (secondary N) is 1. The highest BCUT2D eigenvalue weighted by molar-refractivity contribution is 6.08. The Morgan fingerprint density at radius 2 is 2.15 bits per heavy atom. The van der Waals surface area contributed by atoms with Crippen LogP contribution in [0.25, 0.3) is 10.8 Å². The third-order valence-corrected chi connectivity index (χ3v) is 4.41. The monoisotopic (exact) mass is 353 g/mol. The van der Waals surface area contributed by atoms with Gasteiger partial charge in [-0.15, -0.1) is 0 Å². The number of benzene rings is 2. The molecule has 1 heterocycles. The van der Waals surface area contributed by atoms with E-state index < -0.39 is 24.0 Å². The van der Waals surface area contributed by atoms with Crippen molar-refractivity contribution in [3.05, 3.63) is 47.5 Å². The van der Waals surface area contributed by atoms with E-state index in [1.807, 2.05) is 12.1 Å². The molecule has 1 fully saturated rings. The molecule has 26 heavy (non-hydrogen) atoms. The summed E-state index contributed by atoms with van der Waals surface area (Å²) in [5, 5.41) is 12.9. The van der Waals surface area contributed by atoms with Crippen LogP contribution in [0.5, 0.6) is 0 Å². The Hall–Kier alpha value is -3.27. The molecule has 7 heteroatoms. The fourth-order valence-electron chi connectivity index (χ4n) is 3.10. The Kier molecular flexibility index (Phi) is 4.94. The van der Waals surface area contributed by atoms with E-state index in [9.17, 15) is 18.8 Å². The third kappa shape index (κ3) is 3.40. The maximum atomic E-state index is 13.4. The van der Waals surface area contributed by atoms with E-state index in [0.29, 0.717) is 22.8 Å². The molecule has 1 N–H and O–H groups in total. The van der Waals surface area contributed by atoms with Crippen molar-refractivity contribution in [2.24, 2.45) is 0 Å². The van der Waals surface area contributed by atoms with Gasteiger partial charge in [-0.25, -0.2) is 4.39 Å². The fraction of sp³-hybridized carbons (Fsp3) is 0.263. The Bertz CT molecular complexity index is 922. The van der Waals surface area contributed by atoms with Crippen LogP contribution in [0, 0.1) is 11.3 Å². The van der Waals surface area contributed by atoms with Crippen molar-refractivity contribution >= 4 is 28.9 Å². The third-order valence-electron chi connectivity index (χ3n) is 4.41. The lowest BCUT2D eigenvalue weighted by molar-refractivity contribution is -0.130. The number of nitriles is 1. The van der Waals surface area contributed by atoms with Crippen LogP contribution in [-0.2, 0) is 4.79 Å². The fourth-order valence-corrected chi connectivity index (χ4v) is 3.10. The minimum atomic E-state index is -1.22. The molecule has 2 aromatic rings. The van der Waals surface area contributed by atoms with Gasteiger partial charge in [0, 0.05) is 17.5 Å². The second-order valence-electron chi connectivity index (χ2n) is 6.11. The standard InChI is InChI=1S/C19H16FN3O3/c20-14-7-15(8-21)23(10-14)18(25)9-22-19(26)16-3-1-2-13-5-4-12(11-24)6-17(13)16/h1-6,11,14-15H,7,9-10H2,(H,22,26)/t14?,15-/m0/s1. The van der Waals surface area contributed by atoms with Gasteiger partial charge in [0.2, 0.25) is 5.91 Å². The molecule has 1 aliphatic rings. The van der Waals surface area contributed by atoms with Gasteiger partial charge in [0.05, 0.1) is 19.2 Å². The molecule has 0 saturated carbocycles. The van der Waals surface area contributed by atoms with Gasteiger partial charge < -0.3 is 10.2 Å². The predicted octanol–water partition coefficient (Wildman–Crippen LogP) is 1.84. The van der Waals surface area contributed by atoms with Crippen molar-refractivity contribution in [1.29, 1.82) is 5.26 Å². The molecular weight excluding hydrogens is 337 g/mol. The number of amides is 2. The van der Waals surface area contributed by atoms with Crippen molar-refractivity contribution in [2.75, 3.05) is 13.1 Å². The molecule has 0 radical (unpaired) electrons. The molecule has 2 aromatic carbocycles. The molecule has 2 atom stereocenters. The molecule has 0 bridgehead atoms. The lowest BCUT2D eigenvalue weighted by Gasteiger charge is -2.19. The minimum Gasteiger partial charge on any atom is -0.343 e. The van der Waals surface area contributed by atoms with Crippen LogP contribution in [0.4, 0.5) is 4.39 Å². The van der Waals surface area contributed by atoms with E-state index in [4.69, 9.17) is 5.26 Å². The molecule has 0 aliphatic carbocycles. The summed E-state index contributed by atoms with van der Waals surface area (Å²) in [7, 11) is 0. The first-order chi connectivity index (χ1) is 12.5. The van der Waals surface area contributed by atoms with E-state index in [1.165, 1.54) is 0 Å². The maximum Gasteiger partial charge on any atom is 0.252 e. The summed E-state index contributed by atoms with van der Waals surface area (Å²) in [5.41, 5.74) is 0.775. The zero-order chi connectivity index (χ0) is 18.7. The van der Waals surface area contributed by atoms with Crippen LogP contribution in [0.2, 0.25) is 0 Å². The molecule has 132 valence electrons. The number of halogens is 1. The van der Waals surface area contributed by atoms with Crippen molar-refractivity contribution in [3.63, 3.8) is 0 Å². The lowest BCUT2D eigenvalue weighted by atomic mass is 10.0. The molecule has 0 spiro atoms. The number of likely N-dealkylation sites (tertiary alicyclic amines) is 1. The quantitative estimate of drug-likeness (QED) is 0.849. The Balaban J connectivity index is 1.75. The number of carbonyl (C=O) groups excluding carboxylic acids is 3. The van der Waals surface area contributed by atoms with Gasteiger partial charge in [0.15, 0.2) is 0 Å². The number of carbonyl (C=O) groups is 3. The van der Waals surface area contributed by atoms with Gasteiger partial charge in [-0.1, -0.05) is 24.3 Å². The average Bonchev–Trinajstić information content (AvgIpc) is 3.05. The van der Waals surface area contributed by atoms with Crippen LogP contribution in [-0.4, -0.2) is 48.3 Å². The van der Waals surface area contributed by atoms with Gasteiger partial charge in [-0.2, -0.15) is 5.26 Å². The highest BCUT2D eigenvalue weighted by Gasteiger charge is 2.35. The molecule has 6 nitrogen and oxygen atoms in total. The number of rotatable bonds is 4. The molecule has 3 rings (SSSR count).